The molecular formula is C30H38INO7. The summed E-state index contributed by atoms with van der Waals surface area (Å²) in [4.78, 5) is 38.9. The maximum Gasteiger partial charge on any atom is 0.303 e. The van der Waals surface area contributed by atoms with Crippen LogP contribution >= 0.6 is 22.6 Å². The minimum atomic E-state index is -0.822. The predicted octanol–water partition coefficient (Wildman–Crippen LogP) is 5.56. The Balaban J connectivity index is 1.42. The minimum absolute atomic E-state index is 0.0515. The van der Waals surface area contributed by atoms with Crippen molar-refractivity contribution in [2.24, 2.45) is 17.8 Å². The number of fused-ring (bicyclic) bond motifs is 3. The molecule has 2 saturated heterocycles. The molecule has 8 nitrogen and oxygen atoms in total. The van der Waals surface area contributed by atoms with Crippen molar-refractivity contribution in [2.75, 3.05) is 20.3 Å². The number of carboxylic acid groups (broad SMARTS) is 1. The van der Waals surface area contributed by atoms with Crippen LogP contribution in [0, 0.1) is 21.3 Å². The van der Waals surface area contributed by atoms with Crippen LogP contribution in [0.2, 0.25) is 0 Å². The van der Waals surface area contributed by atoms with E-state index < -0.39 is 5.97 Å². The van der Waals surface area contributed by atoms with Gasteiger partial charge in [-0.2, -0.15) is 0 Å². The SMILES string of the molecule is CCC1=C2[C@@H](CC/C(C)=C/c3cc(I)c(O)c(OC)c3)OC[C@@H]2[C@@H]2C(=O)N(CCCCCC(=O)O)C(=O)[C@@H]2C1. The van der Waals surface area contributed by atoms with Gasteiger partial charge < -0.3 is 19.7 Å². The summed E-state index contributed by atoms with van der Waals surface area (Å²) in [5, 5.41) is 18.9. The number of carbonyl (C=O) groups excluding carboxylic acids is 2. The van der Waals surface area contributed by atoms with Gasteiger partial charge in [0.15, 0.2) is 11.5 Å². The molecule has 4 atom stereocenters. The van der Waals surface area contributed by atoms with E-state index >= 15 is 0 Å². The molecule has 2 N–H and O–H groups in total. The van der Waals surface area contributed by atoms with Gasteiger partial charge in [0, 0.05) is 18.9 Å². The van der Waals surface area contributed by atoms with Crippen LogP contribution in [0.1, 0.15) is 70.8 Å². The maximum atomic E-state index is 13.4. The monoisotopic (exact) mass is 651 g/mol. The number of carbonyl (C=O) groups is 3. The number of imide groups is 1. The maximum absolute atomic E-state index is 13.4. The number of aromatic hydroxyl groups is 1. The number of phenolic OH excluding ortho intramolecular Hbond substituents is 1. The Labute approximate surface area is 243 Å². The number of hydrogen-bond acceptors (Lipinski definition) is 6. The van der Waals surface area contributed by atoms with Gasteiger partial charge in [0.05, 0.1) is 35.2 Å². The van der Waals surface area contributed by atoms with Crippen molar-refractivity contribution in [3.63, 3.8) is 0 Å². The summed E-state index contributed by atoms with van der Waals surface area (Å²) >= 11 is 2.09. The number of allylic oxidation sites excluding steroid dienone is 2. The summed E-state index contributed by atoms with van der Waals surface area (Å²) in [5.74, 6) is -1.11. The third-order valence-electron chi connectivity index (χ3n) is 8.28. The number of halogens is 1. The van der Waals surface area contributed by atoms with Crippen molar-refractivity contribution in [2.45, 2.75) is 71.3 Å². The second-order valence-corrected chi connectivity index (χ2v) is 12.0. The van der Waals surface area contributed by atoms with E-state index in [-0.39, 0.29) is 47.8 Å². The van der Waals surface area contributed by atoms with E-state index in [0.29, 0.717) is 44.6 Å². The lowest BCUT2D eigenvalue weighted by molar-refractivity contribution is -0.141. The van der Waals surface area contributed by atoms with Crippen LogP contribution in [0.15, 0.2) is 28.9 Å². The lowest BCUT2D eigenvalue weighted by Gasteiger charge is -2.31. The van der Waals surface area contributed by atoms with Crippen LogP contribution in [0.25, 0.3) is 6.08 Å². The predicted molar refractivity (Wildman–Crippen MR) is 155 cm³/mol. The first-order valence-electron chi connectivity index (χ1n) is 13.8. The number of nitrogens with zero attached hydrogens (tertiary/aromatic N) is 1. The standard InChI is InChI=1S/C30H38INO7/c1-4-19-15-20-27(30(37)32(29(20)36)11-7-5-6-8-25(33)34)21-16-39-23(26(19)21)10-9-17(2)12-18-13-22(31)28(35)24(14-18)38-3/h12-14,20-21,23,27,35H,4-11,15-16H2,1-3H3,(H,33,34)/b17-12+/t20-,21+,23-,27-/m1/s1. The Hall–Kier alpha value is -2.40. The topological polar surface area (TPSA) is 113 Å². The van der Waals surface area contributed by atoms with Crippen LogP contribution in [0.4, 0.5) is 0 Å². The fourth-order valence-corrected chi connectivity index (χ4v) is 6.99. The zero-order chi connectivity index (χ0) is 28.3. The summed E-state index contributed by atoms with van der Waals surface area (Å²) in [6, 6.07) is 3.74. The zero-order valence-corrected chi connectivity index (χ0v) is 25.0. The van der Waals surface area contributed by atoms with Crippen LogP contribution in [-0.2, 0) is 19.1 Å². The van der Waals surface area contributed by atoms with Gasteiger partial charge in [-0.25, -0.2) is 0 Å². The van der Waals surface area contributed by atoms with Crippen LogP contribution in [0.5, 0.6) is 11.5 Å². The van der Waals surface area contributed by atoms with Crippen molar-refractivity contribution in [3.8, 4) is 11.5 Å². The van der Waals surface area contributed by atoms with Gasteiger partial charge in [-0.15, -0.1) is 0 Å². The van der Waals surface area contributed by atoms with Gasteiger partial charge in [0.2, 0.25) is 11.8 Å². The molecule has 3 aliphatic rings. The number of unbranched alkanes of at least 4 members (excludes halogenated alkanes) is 2. The molecular weight excluding hydrogens is 613 g/mol. The van der Waals surface area contributed by atoms with E-state index in [1.807, 2.05) is 12.1 Å². The van der Waals surface area contributed by atoms with E-state index in [9.17, 15) is 19.5 Å². The molecule has 2 heterocycles. The molecule has 0 saturated carbocycles. The smallest absolute Gasteiger partial charge is 0.303 e. The number of benzene rings is 1. The summed E-state index contributed by atoms with van der Waals surface area (Å²) in [5.41, 5.74) is 4.63. The molecule has 1 aromatic carbocycles. The molecule has 2 fully saturated rings. The molecule has 2 aliphatic heterocycles. The summed E-state index contributed by atoms with van der Waals surface area (Å²) < 4.78 is 12.3. The number of likely N-dealkylation sites (tertiary alicyclic amines) is 1. The molecule has 0 aromatic heterocycles. The molecule has 0 bridgehead atoms. The Morgan fingerprint density at radius 1 is 1.18 bits per heavy atom. The number of aliphatic carboxylic acids is 1. The first-order valence-corrected chi connectivity index (χ1v) is 14.9. The van der Waals surface area contributed by atoms with Crippen molar-refractivity contribution in [1.29, 1.82) is 0 Å². The van der Waals surface area contributed by atoms with E-state index in [1.54, 1.807) is 0 Å². The highest BCUT2D eigenvalue weighted by Crippen LogP contribution is 2.50. The van der Waals surface area contributed by atoms with Gasteiger partial charge in [0.1, 0.15) is 0 Å². The van der Waals surface area contributed by atoms with E-state index in [2.05, 4.69) is 42.5 Å². The van der Waals surface area contributed by atoms with Gasteiger partial charge in [-0.05, 0) is 91.3 Å². The number of phenols is 1. The quantitative estimate of drug-likeness (QED) is 0.132. The Morgan fingerprint density at radius 3 is 2.64 bits per heavy atom. The second kappa shape index (κ2) is 12.8. The minimum Gasteiger partial charge on any atom is -0.504 e. The number of amides is 2. The van der Waals surface area contributed by atoms with Crippen molar-refractivity contribution >= 4 is 46.5 Å². The summed E-state index contributed by atoms with van der Waals surface area (Å²) in [7, 11) is 1.54. The summed E-state index contributed by atoms with van der Waals surface area (Å²) in [6.45, 7) is 5.02. The second-order valence-electron chi connectivity index (χ2n) is 10.8. The lowest BCUT2D eigenvalue weighted by atomic mass is 9.69. The third-order valence-corrected chi connectivity index (χ3v) is 9.11. The van der Waals surface area contributed by atoms with Gasteiger partial charge in [-0.1, -0.05) is 30.6 Å². The first kappa shape index (κ1) is 29.6. The molecule has 4 rings (SSSR count). The van der Waals surface area contributed by atoms with E-state index in [4.69, 9.17) is 14.6 Å². The van der Waals surface area contributed by atoms with Crippen LogP contribution in [-0.4, -0.2) is 59.3 Å². The Kier molecular flexibility index (Phi) is 9.74. The normalized spacial score (nSPS) is 24.8. The van der Waals surface area contributed by atoms with Crippen molar-refractivity contribution in [3.05, 3.63) is 38.0 Å². The van der Waals surface area contributed by atoms with Gasteiger partial charge in [-0.3, -0.25) is 19.3 Å². The lowest BCUT2D eigenvalue weighted by Crippen LogP contribution is -2.34. The van der Waals surface area contributed by atoms with Crippen LogP contribution in [0.3, 0.4) is 0 Å². The summed E-state index contributed by atoms with van der Waals surface area (Å²) in [6.07, 6.45) is 7.09. The Morgan fingerprint density at radius 2 is 1.95 bits per heavy atom. The average molecular weight is 652 g/mol. The average Bonchev–Trinajstić information content (AvgIpc) is 3.43. The zero-order valence-electron chi connectivity index (χ0n) is 22.9. The number of methoxy groups -OCH3 is 1. The number of carboxylic acids is 1. The molecule has 9 heteroatoms. The van der Waals surface area contributed by atoms with E-state index in [1.165, 1.54) is 28.7 Å². The fraction of sp³-hybridized carbons (Fsp3) is 0.567. The number of ether oxygens (including phenoxy) is 2. The van der Waals surface area contributed by atoms with Gasteiger partial charge >= 0.3 is 5.97 Å². The highest BCUT2D eigenvalue weighted by Gasteiger charge is 2.56. The van der Waals surface area contributed by atoms with Crippen LogP contribution < -0.4 is 4.74 Å². The molecule has 0 spiro atoms. The Bertz CT molecular complexity index is 1190. The largest absolute Gasteiger partial charge is 0.504 e. The highest BCUT2D eigenvalue weighted by atomic mass is 127. The first-order chi connectivity index (χ1) is 18.7. The molecule has 1 aromatic rings. The molecule has 1 aliphatic carbocycles. The molecule has 39 heavy (non-hydrogen) atoms. The molecule has 212 valence electrons. The number of rotatable bonds is 12. The third kappa shape index (κ3) is 6.34. The molecule has 0 radical (unpaired) electrons. The highest BCUT2D eigenvalue weighted by molar-refractivity contribution is 14.1. The van der Waals surface area contributed by atoms with Crippen molar-refractivity contribution in [1.82, 2.24) is 4.90 Å². The van der Waals surface area contributed by atoms with E-state index in [0.717, 1.165) is 28.4 Å². The fourth-order valence-electron chi connectivity index (χ4n) is 6.37. The van der Waals surface area contributed by atoms with Gasteiger partial charge in [0.25, 0.3) is 0 Å². The number of hydrogen-bond donors (Lipinski definition) is 2. The molecule has 2 amide bonds. The molecule has 0 unspecified atom stereocenters. The van der Waals surface area contributed by atoms with Crippen molar-refractivity contribution < 1.29 is 34.1 Å².